The number of fused-ring (bicyclic) bond motifs is 1. The number of methoxy groups -OCH3 is 1. The van der Waals surface area contributed by atoms with Gasteiger partial charge in [-0.25, -0.2) is 4.98 Å². The van der Waals surface area contributed by atoms with Gasteiger partial charge in [-0.2, -0.15) is 4.98 Å². The van der Waals surface area contributed by atoms with Crippen LogP contribution in [0.2, 0.25) is 0 Å². The maximum absolute atomic E-state index is 5.57. The first-order valence-electron chi connectivity index (χ1n) is 4.28. The van der Waals surface area contributed by atoms with E-state index in [1.165, 1.54) is 0 Å². The second-order valence-corrected chi connectivity index (χ2v) is 3.09. The Morgan fingerprint density at radius 2 is 2.07 bits per heavy atom. The van der Waals surface area contributed by atoms with E-state index in [4.69, 9.17) is 10.5 Å². The minimum Gasteiger partial charge on any atom is -0.481 e. The molecule has 0 saturated carbocycles. The van der Waals surface area contributed by atoms with E-state index in [-0.39, 0.29) is 0 Å². The van der Waals surface area contributed by atoms with Crippen LogP contribution in [0.25, 0.3) is 11.0 Å². The quantitative estimate of drug-likeness (QED) is 0.739. The smallest absolute Gasteiger partial charge is 0.215 e. The van der Waals surface area contributed by atoms with Crippen molar-refractivity contribution in [3.63, 3.8) is 0 Å². The predicted molar refractivity (Wildman–Crippen MR) is 55.2 cm³/mol. The highest BCUT2D eigenvalue weighted by Gasteiger charge is 2.03. The SMILES string of the molecule is COc1cc(C)c2ccc(N)nc2n1. The van der Waals surface area contributed by atoms with Crippen LogP contribution in [0.3, 0.4) is 0 Å². The molecule has 2 N–H and O–H groups in total. The molecule has 0 aliphatic heterocycles. The molecule has 0 bridgehead atoms. The van der Waals surface area contributed by atoms with Gasteiger partial charge >= 0.3 is 0 Å². The molecular formula is C10H11N3O. The molecular weight excluding hydrogens is 178 g/mol. The second kappa shape index (κ2) is 3.14. The molecule has 0 amide bonds. The zero-order valence-electron chi connectivity index (χ0n) is 8.11. The molecule has 0 aromatic carbocycles. The number of pyridine rings is 2. The standard InChI is InChI=1S/C10H11N3O/c1-6-5-9(14-2)13-10-7(6)3-4-8(11)12-10/h3-5H,1-2H3,(H2,11,12,13). The van der Waals surface area contributed by atoms with Crippen LogP contribution in [0.5, 0.6) is 5.88 Å². The van der Waals surface area contributed by atoms with Crippen LogP contribution in [0.4, 0.5) is 5.82 Å². The predicted octanol–water partition coefficient (Wildman–Crippen LogP) is 1.53. The first-order valence-corrected chi connectivity index (χ1v) is 4.28. The third kappa shape index (κ3) is 1.35. The Kier molecular flexibility index (Phi) is 1.96. The summed E-state index contributed by atoms with van der Waals surface area (Å²) in [5.41, 5.74) is 7.28. The fourth-order valence-corrected chi connectivity index (χ4v) is 1.36. The number of aryl methyl sites for hydroxylation is 1. The van der Waals surface area contributed by atoms with Crippen molar-refractivity contribution in [2.24, 2.45) is 0 Å². The van der Waals surface area contributed by atoms with Crippen molar-refractivity contribution in [2.45, 2.75) is 6.92 Å². The van der Waals surface area contributed by atoms with E-state index in [2.05, 4.69) is 9.97 Å². The highest BCUT2D eigenvalue weighted by atomic mass is 16.5. The normalized spacial score (nSPS) is 10.4. The molecule has 0 aliphatic rings. The van der Waals surface area contributed by atoms with Crippen molar-refractivity contribution in [1.29, 1.82) is 0 Å². The maximum Gasteiger partial charge on any atom is 0.215 e. The van der Waals surface area contributed by atoms with E-state index in [1.807, 2.05) is 19.1 Å². The molecule has 72 valence electrons. The minimum absolute atomic E-state index is 0.470. The number of nitrogens with zero attached hydrogens (tertiary/aromatic N) is 2. The highest BCUT2D eigenvalue weighted by molar-refractivity contribution is 5.80. The molecule has 14 heavy (non-hydrogen) atoms. The topological polar surface area (TPSA) is 61.0 Å². The Morgan fingerprint density at radius 1 is 1.29 bits per heavy atom. The summed E-state index contributed by atoms with van der Waals surface area (Å²) in [5.74, 6) is 1.03. The van der Waals surface area contributed by atoms with E-state index in [9.17, 15) is 0 Å². The summed E-state index contributed by atoms with van der Waals surface area (Å²) < 4.78 is 5.05. The number of nitrogens with two attached hydrogens (primary N) is 1. The van der Waals surface area contributed by atoms with Gasteiger partial charge in [0.25, 0.3) is 0 Å². The third-order valence-electron chi connectivity index (χ3n) is 2.09. The van der Waals surface area contributed by atoms with E-state index < -0.39 is 0 Å². The van der Waals surface area contributed by atoms with Gasteiger partial charge in [-0.05, 0) is 24.6 Å². The molecule has 0 radical (unpaired) electrons. The zero-order valence-corrected chi connectivity index (χ0v) is 8.11. The molecule has 0 saturated heterocycles. The molecule has 2 heterocycles. The maximum atomic E-state index is 5.57. The zero-order chi connectivity index (χ0) is 10.1. The van der Waals surface area contributed by atoms with E-state index in [0.717, 1.165) is 10.9 Å². The van der Waals surface area contributed by atoms with Gasteiger partial charge in [0.15, 0.2) is 5.65 Å². The minimum atomic E-state index is 0.470. The number of hydrogen-bond acceptors (Lipinski definition) is 4. The first kappa shape index (κ1) is 8.74. The molecule has 0 fully saturated rings. The van der Waals surface area contributed by atoms with Crippen LogP contribution < -0.4 is 10.5 Å². The van der Waals surface area contributed by atoms with Crippen molar-refractivity contribution >= 4 is 16.9 Å². The summed E-state index contributed by atoms with van der Waals surface area (Å²) in [4.78, 5) is 8.33. The Morgan fingerprint density at radius 3 is 2.79 bits per heavy atom. The Balaban J connectivity index is 2.77. The van der Waals surface area contributed by atoms with Gasteiger partial charge in [0.2, 0.25) is 5.88 Å². The van der Waals surface area contributed by atoms with Gasteiger partial charge in [-0.15, -0.1) is 0 Å². The molecule has 2 aromatic rings. The highest BCUT2D eigenvalue weighted by Crippen LogP contribution is 2.20. The summed E-state index contributed by atoms with van der Waals surface area (Å²) in [5, 5.41) is 1.00. The monoisotopic (exact) mass is 189 g/mol. The molecule has 0 aliphatic carbocycles. The number of ether oxygens (including phenoxy) is 1. The van der Waals surface area contributed by atoms with E-state index >= 15 is 0 Å². The lowest BCUT2D eigenvalue weighted by Gasteiger charge is -2.04. The van der Waals surface area contributed by atoms with Crippen molar-refractivity contribution in [1.82, 2.24) is 9.97 Å². The van der Waals surface area contributed by atoms with Gasteiger partial charge in [0.1, 0.15) is 5.82 Å². The number of rotatable bonds is 1. The average molecular weight is 189 g/mol. The summed E-state index contributed by atoms with van der Waals surface area (Å²) in [6, 6.07) is 5.56. The van der Waals surface area contributed by atoms with E-state index in [0.29, 0.717) is 17.3 Å². The van der Waals surface area contributed by atoms with Crippen LogP contribution in [-0.2, 0) is 0 Å². The summed E-state index contributed by atoms with van der Waals surface area (Å²) in [6.07, 6.45) is 0. The Labute approximate surface area is 81.7 Å². The number of nitrogen functional groups attached to an aromatic ring is 1. The van der Waals surface area contributed by atoms with Crippen molar-refractivity contribution in [3.8, 4) is 5.88 Å². The molecule has 2 rings (SSSR count). The number of aromatic nitrogens is 2. The van der Waals surface area contributed by atoms with Gasteiger partial charge < -0.3 is 10.5 Å². The molecule has 4 heteroatoms. The van der Waals surface area contributed by atoms with Crippen LogP contribution in [0.1, 0.15) is 5.56 Å². The van der Waals surface area contributed by atoms with Crippen LogP contribution >= 0.6 is 0 Å². The van der Waals surface area contributed by atoms with Gasteiger partial charge in [-0.3, -0.25) is 0 Å². The fourth-order valence-electron chi connectivity index (χ4n) is 1.36. The lowest BCUT2D eigenvalue weighted by molar-refractivity contribution is 0.399. The number of anilines is 1. The van der Waals surface area contributed by atoms with Crippen LogP contribution in [0, 0.1) is 6.92 Å². The summed E-state index contributed by atoms with van der Waals surface area (Å²) in [6.45, 7) is 1.99. The first-order chi connectivity index (χ1) is 6.70. The van der Waals surface area contributed by atoms with Crippen molar-refractivity contribution in [2.75, 3.05) is 12.8 Å². The largest absolute Gasteiger partial charge is 0.481 e. The van der Waals surface area contributed by atoms with Gasteiger partial charge in [-0.1, -0.05) is 0 Å². The fraction of sp³-hybridized carbons (Fsp3) is 0.200. The molecule has 0 spiro atoms. The summed E-state index contributed by atoms with van der Waals surface area (Å²) in [7, 11) is 1.58. The molecule has 0 atom stereocenters. The van der Waals surface area contributed by atoms with Crippen molar-refractivity contribution in [3.05, 3.63) is 23.8 Å². The third-order valence-corrected chi connectivity index (χ3v) is 2.09. The molecule has 4 nitrogen and oxygen atoms in total. The Bertz CT molecular complexity index is 482. The van der Waals surface area contributed by atoms with Crippen LogP contribution in [0.15, 0.2) is 18.2 Å². The van der Waals surface area contributed by atoms with Gasteiger partial charge in [0.05, 0.1) is 7.11 Å². The average Bonchev–Trinajstić information content (AvgIpc) is 2.16. The summed E-state index contributed by atoms with van der Waals surface area (Å²) >= 11 is 0. The number of hydrogen-bond donors (Lipinski definition) is 1. The van der Waals surface area contributed by atoms with E-state index in [1.54, 1.807) is 13.2 Å². The van der Waals surface area contributed by atoms with Crippen molar-refractivity contribution < 1.29 is 4.74 Å². The second-order valence-electron chi connectivity index (χ2n) is 3.09. The van der Waals surface area contributed by atoms with Crippen LogP contribution in [-0.4, -0.2) is 17.1 Å². The lowest BCUT2D eigenvalue weighted by atomic mass is 10.2. The van der Waals surface area contributed by atoms with Gasteiger partial charge in [0, 0.05) is 11.5 Å². The lowest BCUT2D eigenvalue weighted by Crippen LogP contribution is -1.95. The molecule has 2 aromatic heterocycles. The Hall–Kier alpha value is -1.84. The molecule has 0 unspecified atom stereocenters.